The number of carbonyl (C=O) groups is 2. The van der Waals surface area contributed by atoms with Crippen molar-refractivity contribution in [3.8, 4) is 5.75 Å². The van der Waals surface area contributed by atoms with Crippen LogP contribution in [0.15, 0.2) is 70.0 Å². The second-order valence-corrected chi connectivity index (χ2v) is 11.3. The molecule has 1 aromatic rings. The fourth-order valence-corrected chi connectivity index (χ4v) is 4.64. The van der Waals surface area contributed by atoms with Crippen molar-refractivity contribution in [2.45, 2.75) is 86.7 Å². The van der Waals surface area contributed by atoms with Crippen LogP contribution >= 0.6 is 0 Å². The molecule has 0 spiro atoms. The summed E-state index contributed by atoms with van der Waals surface area (Å²) in [6.45, 7) is 20.2. The number of methoxy groups -OCH3 is 1. The van der Waals surface area contributed by atoms with Gasteiger partial charge in [0.15, 0.2) is 0 Å². The number of carbonyl (C=O) groups excluding carboxylic acids is 2. The number of benzene rings is 1. The second-order valence-electron chi connectivity index (χ2n) is 11.3. The van der Waals surface area contributed by atoms with Gasteiger partial charge >= 0.3 is 6.09 Å². The number of allylic oxidation sites excluding steroid dienone is 4. The molecule has 2 rings (SSSR count). The highest BCUT2D eigenvalue weighted by Crippen LogP contribution is 2.36. The van der Waals surface area contributed by atoms with E-state index in [0.29, 0.717) is 25.3 Å². The van der Waals surface area contributed by atoms with Crippen LogP contribution in [0.3, 0.4) is 0 Å². The lowest BCUT2D eigenvalue weighted by molar-refractivity contribution is -0.118. The SMILES string of the molecule is C=N/C(C)=C\N(C)c1ccc(N2CC(/C=C\C)=C(C/C(=C/C)CCCN(C)C(=O)OC(C)(C)C)CC2=O)cc1OC.CC. The van der Waals surface area contributed by atoms with Gasteiger partial charge in [-0.2, -0.15) is 0 Å². The van der Waals surface area contributed by atoms with Crippen LogP contribution in [0, 0.1) is 0 Å². The summed E-state index contributed by atoms with van der Waals surface area (Å²) in [5.74, 6) is 0.726. The average molecular weight is 595 g/mol. The van der Waals surface area contributed by atoms with E-state index in [0.717, 1.165) is 47.5 Å². The molecule has 0 radical (unpaired) electrons. The number of rotatable bonds is 12. The van der Waals surface area contributed by atoms with Crippen molar-refractivity contribution in [3.63, 3.8) is 0 Å². The van der Waals surface area contributed by atoms with Crippen LogP contribution in [0.2, 0.25) is 0 Å². The Morgan fingerprint density at radius 3 is 2.42 bits per heavy atom. The molecule has 1 aromatic carbocycles. The second kappa shape index (κ2) is 18.0. The van der Waals surface area contributed by atoms with Gasteiger partial charge < -0.3 is 24.2 Å². The highest BCUT2D eigenvalue weighted by molar-refractivity contribution is 5.97. The van der Waals surface area contributed by atoms with Gasteiger partial charge in [0.2, 0.25) is 5.91 Å². The maximum atomic E-state index is 13.4. The van der Waals surface area contributed by atoms with E-state index in [1.165, 1.54) is 5.57 Å². The molecule has 1 aliphatic rings. The summed E-state index contributed by atoms with van der Waals surface area (Å²) in [6, 6.07) is 5.81. The van der Waals surface area contributed by atoms with E-state index in [9.17, 15) is 9.59 Å². The van der Waals surface area contributed by atoms with E-state index in [1.807, 2.05) is 103 Å². The zero-order valence-electron chi connectivity index (χ0n) is 28.4. The van der Waals surface area contributed by atoms with Gasteiger partial charge in [-0.15, -0.1) is 0 Å². The lowest BCUT2D eigenvalue weighted by Gasteiger charge is -2.31. The van der Waals surface area contributed by atoms with Crippen molar-refractivity contribution >= 4 is 30.1 Å². The number of aliphatic imine (C=N–C) groups is 1. The molecule has 8 nitrogen and oxygen atoms in total. The standard InChI is InChI=1S/C33H48N4O4.C2H6/c1-11-14-26-23-37(28-16-17-29(30(21-28)40-10)36(9)22-24(3)34-7)31(38)20-27(26)19-25(12-2)15-13-18-35(8)32(39)41-33(4,5)6;1-2/h11-12,14,16-17,21-22H,7,13,15,18-20,23H2,1-6,8-10H3;1-2H3/b14-11-,24-22-,25-12+;. The monoisotopic (exact) mass is 594 g/mol. The first-order valence-corrected chi connectivity index (χ1v) is 15.1. The Morgan fingerprint density at radius 2 is 1.86 bits per heavy atom. The van der Waals surface area contributed by atoms with Crippen LogP contribution in [0.4, 0.5) is 16.2 Å². The van der Waals surface area contributed by atoms with Crippen molar-refractivity contribution < 1.29 is 19.1 Å². The Labute approximate surface area is 260 Å². The van der Waals surface area contributed by atoms with Crippen LogP contribution in [0.25, 0.3) is 0 Å². The van der Waals surface area contributed by atoms with Crippen LogP contribution in [0.5, 0.6) is 5.75 Å². The van der Waals surface area contributed by atoms with Crippen molar-refractivity contribution in [2.75, 3.05) is 44.1 Å². The first-order chi connectivity index (χ1) is 20.3. The number of amides is 2. The summed E-state index contributed by atoms with van der Waals surface area (Å²) in [5.41, 5.74) is 5.47. The van der Waals surface area contributed by atoms with Gasteiger partial charge in [-0.25, -0.2) is 4.79 Å². The number of ether oxygens (including phenoxy) is 2. The highest BCUT2D eigenvalue weighted by atomic mass is 16.6. The molecule has 1 aliphatic heterocycles. The highest BCUT2D eigenvalue weighted by Gasteiger charge is 2.27. The molecular formula is C35H54N4O4. The van der Waals surface area contributed by atoms with Crippen molar-refractivity contribution in [1.82, 2.24) is 4.90 Å². The van der Waals surface area contributed by atoms with Crippen LogP contribution in [0.1, 0.15) is 81.1 Å². The summed E-state index contributed by atoms with van der Waals surface area (Å²) in [5, 5.41) is 0. The number of nitrogens with zero attached hydrogens (tertiary/aromatic N) is 4. The molecule has 0 saturated heterocycles. The molecule has 8 heteroatoms. The van der Waals surface area contributed by atoms with Crippen LogP contribution < -0.4 is 14.5 Å². The fourth-order valence-electron chi connectivity index (χ4n) is 4.64. The Bertz CT molecular complexity index is 1220. The molecule has 1 heterocycles. The Hall–Kier alpha value is -3.81. The van der Waals surface area contributed by atoms with Gasteiger partial charge in [-0.3, -0.25) is 9.79 Å². The summed E-state index contributed by atoms with van der Waals surface area (Å²) >= 11 is 0. The van der Waals surface area contributed by atoms with Crippen molar-refractivity contribution in [2.24, 2.45) is 4.99 Å². The normalized spacial score (nSPS) is 14.4. The average Bonchev–Trinajstić information content (AvgIpc) is 2.97. The topological polar surface area (TPSA) is 74.7 Å². The first kappa shape index (κ1) is 37.2. The van der Waals surface area contributed by atoms with E-state index in [1.54, 1.807) is 19.1 Å². The first-order valence-electron chi connectivity index (χ1n) is 15.1. The predicted molar refractivity (Wildman–Crippen MR) is 181 cm³/mol. The van der Waals surface area contributed by atoms with E-state index >= 15 is 0 Å². The van der Waals surface area contributed by atoms with Gasteiger partial charge in [0.1, 0.15) is 11.4 Å². The van der Waals surface area contributed by atoms with Crippen molar-refractivity contribution in [1.29, 1.82) is 0 Å². The van der Waals surface area contributed by atoms with E-state index in [-0.39, 0.29) is 12.0 Å². The number of hydrogen-bond donors (Lipinski definition) is 0. The molecule has 0 bridgehead atoms. The third kappa shape index (κ3) is 11.8. The fraction of sp³-hybridized carbons (Fsp3) is 0.514. The third-order valence-electron chi connectivity index (χ3n) is 6.85. The summed E-state index contributed by atoms with van der Waals surface area (Å²) in [7, 11) is 5.32. The Morgan fingerprint density at radius 1 is 1.19 bits per heavy atom. The molecular weight excluding hydrogens is 540 g/mol. The minimum absolute atomic E-state index is 0.0584. The zero-order chi connectivity index (χ0) is 32.7. The molecule has 0 N–H and O–H groups in total. The summed E-state index contributed by atoms with van der Waals surface area (Å²) < 4.78 is 11.1. The molecule has 0 aliphatic carbocycles. The zero-order valence-corrected chi connectivity index (χ0v) is 28.4. The van der Waals surface area contributed by atoms with Gasteiger partial charge in [0.05, 0.1) is 25.0 Å². The molecule has 0 aromatic heterocycles. The van der Waals surface area contributed by atoms with Crippen molar-refractivity contribution in [3.05, 3.63) is 65.0 Å². The third-order valence-corrected chi connectivity index (χ3v) is 6.85. The van der Waals surface area contributed by atoms with Gasteiger partial charge in [0.25, 0.3) is 0 Å². The predicted octanol–water partition coefficient (Wildman–Crippen LogP) is 8.31. The maximum absolute atomic E-state index is 13.4. The van der Waals surface area contributed by atoms with E-state index in [2.05, 4.69) is 23.9 Å². The largest absolute Gasteiger partial charge is 0.494 e. The summed E-state index contributed by atoms with van der Waals surface area (Å²) in [6.07, 6.45) is 10.6. The molecule has 0 unspecified atom stereocenters. The molecule has 2 amide bonds. The van der Waals surface area contributed by atoms with Gasteiger partial charge in [0, 0.05) is 45.0 Å². The van der Waals surface area contributed by atoms with E-state index < -0.39 is 5.60 Å². The molecule has 0 saturated carbocycles. The Kier molecular flexibility index (Phi) is 15.6. The lowest BCUT2D eigenvalue weighted by Crippen LogP contribution is -2.37. The van der Waals surface area contributed by atoms with Gasteiger partial charge in [-0.05, 0) is 85.2 Å². The molecule has 0 fully saturated rings. The molecule has 0 atom stereocenters. The molecule has 238 valence electrons. The minimum Gasteiger partial charge on any atom is -0.494 e. The quantitative estimate of drug-likeness (QED) is 0.180. The maximum Gasteiger partial charge on any atom is 0.410 e. The van der Waals surface area contributed by atoms with Gasteiger partial charge in [-0.1, -0.05) is 43.2 Å². The van der Waals surface area contributed by atoms with Crippen LogP contribution in [-0.2, 0) is 9.53 Å². The smallest absolute Gasteiger partial charge is 0.410 e. The Balaban J connectivity index is 0.00000452. The van der Waals surface area contributed by atoms with Crippen LogP contribution in [-0.4, -0.2) is 63.5 Å². The number of anilines is 2. The van der Waals surface area contributed by atoms with E-state index in [4.69, 9.17) is 9.47 Å². The summed E-state index contributed by atoms with van der Waals surface area (Å²) in [4.78, 5) is 35.0. The minimum atomic E-state index is -0.514. The number of hydrogen-bond acceptors (Lipinski definition) is 6. The molecule has 43 heavy (non-hydrogen) atoms. The lowest BCUT2D eigenvalue weighted by atomic mass is 9.91.